The van der Waals surface area contributed by atoms with Gasteiger partial charge >= 0.3 is 0 Å². The molecule has 0 amide bonds. The van der Waals surface area contributed by atoms with E-state index in [9.17, 15) is 9.50 Å². The first-order valence-corrected chi connectivity index (χ1v) is 12.5. The standard InChI is InChI=1S/C30H33FN2O2/c1-30(2,3)21-18-24(20-12-6-4-7-13-20)27(34)25(19-21)28-32-35-29(23-16-10-11-17-26(23)31)33(28)22-14-8-5-9-15-22/h4,6-7,10-13,16-19,22,29,34H,5,8-9,14-15H2,1-3H3. The van der Waals surface area contributed by atoms with Crippen LogP contribution in [0.15, 0.2) is 71.9 Å². The maximum atomic E-state index is 14.9. The van der Waals surface area contributed by atoms with Gasteiger partial charge in [0.15, 0.2) is 5.84 Å². The monoisotopic (exact) mass is 472 g/mol. The molecule has 2 aliphatic rings. The number of aromatic hydroxyl groups is 1. The van der Waals surface area contributed by atoms with Crippen molar-refractivity contribution in [2.75, 3.05) is 0 Å². The van der Waals surface area contributed by atoms with Crippen LogP contribution in [0.2, 0.25) is 0 Å². The fraction of sp³-hybridized carbons (Fsp3) is 0.367. The lowest BCUT2D eigenvalue weighted by Gasteiger charge is -2.36. The molecule has 1 aliphatic carbocycles. The Kier molecular flexibility index (Phi) is 6.26. The number of benzene rings is 3. The minimum Gasteiger partial charge on any atom is -0.507 e. The largest absolute Gasteiger partial charge is 0.507 e. The summed E-state index contributed by atoms with van der Waals surface area (Å²) < 4.78 is 14.9. The summed E-state index contributed by atoms with van der Waals surface area (Å²) in [5.41, 5.74) is 3.73. The lowest BCUT2D eigenvalue weighted by atomic mass is 9.83. The van der Waals surface area contributed by atoms with E-state index in [2.05, 4.69) is 36.9 Å². The first kappa shape index (κ1) is 23.4. The molecule has 0 saturated heterocycles. The summed E-state index contributed by atoms with van der Waals surface area (Å²) in [5.74, 6) is 0.430. The summed E-state index contributed by atoms with van der Waals surface area (Å²) in [6.07, 6.45) is 4.73. The molecule has 182 valence electrons. The van der Waals surface area contributed by atoms with Crippen molar-refractivity contribution in [2.45, 2.75) is 70.6 Å². The summed E-state index contributed by atoms with van der Waals surface area (Å²) in [6, 6.07) is 20.9. The second kappa shape index (κ2) is 9.37. The van der Waals surface area contributed by atoms with Crippen molar-refractivity contribution < 1.29 is 14.3 Å². The van der Waals surface area contributed by atoms with Gasteiger partial charge in [-0.2, -0.15) is 0 Å². The fourth-order valence-corrected chi connectivity index (χ4v) is 5.18. The van der Waals surface area contributed by atoms with Crippen molar-refractivity contribution in [3.8, 4) is 16.9 Å². The Balaban J connectivity index is 1.66. The van der Waals surface area contributed by atoms with Gasteiger partial charge < -0.3 is 14.8 Å². The van der Waals surface area contributed by atoms with Crippen LogP contribution in [0.4, 0.5) is 4.39 Å². The first-order valence-electron chi connectivity index (χ1n) is 12.5. The molecule has 1 atom stereocenters. The molecular weight excluding hydrogens is 439 g/mol. The van der Waals surface area contributed by atoms with Gasteiger partial charge in [0.1, 0.15) is 11.6 Å². The number of nitrogens with zero attached hydrogens (tertiary/aromatic N) is 2. The Labute approximate surface area is 207 Å². The summed E-state index contributed by atoms with van der Waals surface area (Å²) in [6.45, 7) is 6.48. The van der Waals surface area contributed by atoms with Crippen molar-refractivity contribution >= 4 is 5.84 Å². The molecule has 1 unspecified atom stereocenters. The van der Waals surface area contributed by atoms with Gasteiger partial charge in [-0.15, -0.1) is 0 Å². The van der Waals surface area contributed by atoms with E-state index in [1.807, 2.05) is 42.5 Å². The molecular formula is C30H33FN2O2. The van der Waals surface area contributed by atoms with Crippen LogP contribution in [-0.2, 0) is 10.3 Å². The van der Waals surface area contributed by atoms with Crippen molar-refractivity contribution in [1.29, 1.82) is 0 Å². The van der Waals surface area contributed by atoms with E-state index in [4.69, 9.17) is 4.84 Å². The molecule has 1 fully saturated rings. The molecule has 35 heavy (non-hydrogen) atoms. The van der Waals surface area contributed by atoms with Gasteiger partial charge in [-0.1, -0.05) is 93.7 Å². The van der Waals surface area contributed by atoms with Crippen LogP contribution in [-0.4, -0.2) is 21.9 Å². The number of oxime groups is 1. The Morgan fingerprint density at radius 2 is 1.57 bits per heavy atom. The summed E-state index contributed by atoms with van der Waals surface area (Å²) in [7, 11) is 0. The zero-order valence-electron chi connectivity index (χ0n) is 20.7. The molecule has 5 heteroatoms. The smallest absolute Gasteiger partial charge is 0.230 e. The Hall–Kier alpha value is -3.34. The second-order valence-corrected chi connectivity index (χ2v) is 10.6. The van der Waals surface area contributed by atoms with Crippen LogP contribution in [0.5, 0.6) is 5.75 Å². The highest BCUT2D eigenvalue weighted by Crippen LogP contribution is 2.43. The molecule has 0 radical (unpaired) electrons. The molecule has 3 aromatic carbocycles. The van der Waals surface area contributed by atoms with Crippen LogP contribution in [0.1, 0.15) is 75.8 Å². The van der Waals surface area contributed by atoms with Crippen molar-refractivity contribution in [3.63, 3.8) is 0 Å². The van der Waals surface area contributed by atoms with Crippen LogP contribution in [0.3, 0.4) is 0 Å². The predicted molar refractivity (Wildman–Crippen MR) is 138 cm³/mol. The third-order valence-electron chi connectivity index (χ3n) is 7.18. The molecule has 3 aromatic rings. The van der Waals surface area contributed by atoms with Gasteiger partial charge in [0.25, 0.3) is 0 Å². The van der Waals surface area contributed by atoms with Gasteiger partial charge in [0.05, 0.1) is 11.1 Å². The highest BCUT2D eigenvalue weighted by Gasteiger charge is 2.40. The molecule has 0 bridgehead atoms. The van der Waals surface area contributed by atoms with Crippen LogP contribution in [0.25, 0.3) is 11.1 Å². The van der Waals surface area contributed by atoms with Crippen LogP contribution < -0.4 is 0 Å². The number of rotatable bonds is 4. The number of halogens is 1. The van der Waals surface area contributed by atoms with E-state index in [1.54, 1.807) is 12.1 Å². The molecule has 1 saturated carbocycles. The maximum Gasteiger partial charge on any atom is 0.230 e. The quantitative estimate of drug-likeness (QED) is 0.427. The van der Waals surface area contributed by atoms with Crippen molar-refractivity contribution in [2.24, 2.45) is 5.16 Å². The van der Waals surface area contributed by atoms with Gasteiger partial charge in [0.2, 0.25) is 6.23 Å². The number of hydrogen-bond donors (Lipinski definition) is 1. The minimum atomic E-state index is -0.660. The molecule has 0 aromatic heterocycles. The zero-order chi connectivity index (χ0) is 24.6. The van der Waals surface area contributed by atoms with Gasteiger partial charge in [0, 0.05) is 11.6 Å². The lowest BCUT2D eigenvalue weighted by Crippen LogP contribution is -2.41. The molecule has 1 heterocycles. The van der Waals surface area contributed by atoms with Crippen molar-refractivity contribution in [3.05, 3.63) is 89.2 Å². The summed E-state index contributed by atoms with van der Waals surface area (Å²) in [4.78, 5) is 8.05. The number of phenolic OH excluding ortho intramolecular Hbond substituents is 1. The maximum absolute atomic E-state index is 14.9. The van der Waals surface area contributed by atoms with Crippen molar-refractivity contribution in [1.82, 2.24) is 4.90 Å². The van der Waals surface area contributed by atoms with Gasteiger partial charge in [-0.3, -0.25) is 0 Å². The highest BCUT2D eigenvalue weighted by atomic mass is 19.1. The third kappa shape index (κ3) is 4.52. The Bertz CT molecular complexity index is 1230. The number of amidine groups is 1. The lowest BCUT2D eigenvalue weighted by molar-refractivity contribution is -0.0159. The van der Waals surface area contributed by atoms with E-state index in [0.717, 1.165) is 42.4 Å². The molecule has 4 nitrogen and oxygen atoms in total. The van der Waals surface area contributed by atoms with Gasteiger partial charge in [-0.25, -0.2) is 4.39 Å². The summed E-state index contributed by atoms with van der Waals surface area (Å²) in [5, 5.41) is 16.1. The van der Waals surface area contributed by atoms with Gasteiger partial charge in [-0.05, 0) is 47.6 Å². The third-order valence-corrected chi connectivity index (χ3v) is 7.18. The highest BCUT2D eigenvalue weighted by molar-refractivity contribution is 6.04. The second-order valence-electron chi connectivity index (χ2n) is 10.6. The van der Waals surface area contributed by atoms with Crippen LogP contribution in [0, 0.1) is 5.82 Å². The average molecular weight is 473 g/mol. The van der Waals surface area contributed by atoms with E-state index in [-0.39, 0.29) is 23.0 Å². The predicted octanol–water partition coefficient (Wildman–Crippen LogP) is 7.52. The summed E-state index contributed by atoms with van der Waals surface area (Å²) >= 11 is 0. The number of hydrogen-bond acceptors (Lipinski definition) is 4. The van der Waals surface area contributed by atoms with E-state index in [0.29, 0.717) is 17.0 Å². The molecule has 1 aliphatic heterocycles. The first-order chi connectivity index (χ1) is 16.8. The normalized spacial score (nSPS) is 18.9. The SMILES string of the molecule is CC(C)(C)c1cc(C2=NOC(c3ccccc3F)N2C2CCCCC2)c(O)c(-c2ccccc2)c1. The Morgan fingerprint density at radius 3 is 2.26 bits per heavy atom. The minimum absolute atomic E-state index is 0.146. The molecule has 0 spiro atoms. The number of phenols is 1. The van der Waals surface area contributed by atoms with E-state index in [1.165, 1.54) is 12.5 Å². The fourth-order valence-electron chi connectivity index (χ4n) is 5.18. The van der Waals surface area contributed by atoms with E-state index >= 15 is 0 Å². The topological polar surface area (TPSA) is 45.1 Å². The van der Waals surface area contributed by atoms with Crippen LogP contribution >= 0.6 is 0 Å². The Morgan fingerprint density at radius 1 is 0.914 bits per heavy atom. The van der Waals surface area contributed by atoms with E-state index < -0.39 is 6.23 Å². The average Bonchev–Trinajstić information content (AvgIpc) is 3.29. The zero-order valence-corrected chi connectivity index (χ0v) is 20.7. The molecule has 1 N–H and O–H groups in total. The molecule has 5 rings (SSSR count).